The number of hydrogen-bond acceptors (Lipinski definition) is 5. The smallest absolute Gasteiger partial charge is 0.261 e. The molecule has 0 atom stereocenters. The minimum Gasteiger partial charge on any atom is -0.324 e. The second kappa shape index (κ2) is 4.43. The van der Waals surface area contributed by atoms with Crippen molar-refractivity contribution in [3.8, 4) is 0 Å². The molecule has 0 aromatic carbocycles. The van der Waals surface area contributed by atoms with Gasteiger partial charge in [-0.25, -0.2) is 23.1 Å². The largest absolute Gasteiger partial charge is 0.324 e. The summed E-state index contributed by atoms with van der Waals surface area (Å²) in [6, 6.07) is 0. The fourth-order valence-corrected chi connectivity index (χ4v) is 2.53. The summed E-state index contributed by atoms with van der Waals surface area (Å²) in [5.74, 6) is 0.403. The molecule has 2 aromatic rings. The van der Waals surface area contributed by atoms with Gasteiger partial charge in [0.1, 0.15) is 17.3 Å². The summed E-state index contributed by atoms with van der Waals surface area (Å²) in [6.07, 6.45) is 2.61. The summed E-state index contributed by atoms with van der Waals surface area (Å²) in [6.45, 7) is -0.00473. The van der Waals surface area contributed by atoms with E-state index in [-0.39, 0.29) is 16.7 Å². The lowest BCUT2D eigenvalue weighted by Crippen LogP contribution is -2.24. The van der Waals surface area contributed by atoms with Crippen LogP contribution < -0.4 is 4.72 Å². The highest BCUT2D eigenvalue weighted by Gasteiger charge is 2.22. The van der Waals surface area contributed by atoms with Crippen molar-refractivity contribution in [2.24, 2.45) is 7.05 Å². The van der Waals surface area contributed by atoms with Crippen molar-refractivity contribution in [2.45, 2.75) is 11.6 Å². The fraction of sp³-hybridized carbons (Fsp3) is 0.286. The maximum atomic E-state index is 11.8. The van der Waals surface area contributed by atoms with Gasteiger partial charge in [-0.05, 0) is 0 Å². The van der Waals surface area contributed by atoms with E-state index in [0.717, 1.165) is 0 Å². The van der Waals surface area contributed by atoms with Gasteiger partial charge in [0, 0.05) is 7.05 Å². The van der Waals surface area contributed by atoms with Crippen molar-refractivity contribution in [3.63, 3.8) is 0 Å². The van der Waals surface area contributed by atoms with Gasteiger partial charge >= 0.3 is 0 Å². The van der Waals surface area contributed by atoms with E-state index in [1.165, 1.54) is 17.2 Å². The first-order valence-corrected chi connectivity index (χ1v) is 6.37. The lowest BCUT2D eigenvalue weighted by Gasteiger charge is -2.02. The summed E-state index contributed by atoms with van der Waals surface area (Å²) in [4.78, 5) is 7.51. The van der Waals surface area contributed by atoms with E-state index in [4.69, 9.17) is 11.6 Å². The lowest BCUT2D eigenvalue weighted by molar-refractivity contribution is 0.576. The average Bonchev–Trinajstić information content (AvgIpc) is 2.88. The number of rotatable bonds is 4. The number of hydrogen-bond donors (Lipinski definition) is 2. The molecule has 0 bridgehead atoms. The van der Waals surface area contributed by atoms with Crippen LogP contribution in [-0.4, -0.2) is 33.2 Å². The molecular weight excluding hydrogens is 268 g/mol. The van der Waals surface area contributed by atoms with Gasteiger partial charge in [-0.3, -0.25) is 5.10 Å². The molecule has 0 spiro atoms. The number of aromatic amines is 1. The minimum absolute atomic E-state index is 0.00473. The van der Waals surface area contributed by atoms with Gasteiger partial charge in [0.05, 0.1) is 12.9 Å². The Morgan fingerprint density at radius 1 is 1.53 bits per heavy atom. The summed E-state index contributed by atoms with van der Waals surface area (Å²) in [7, 11) is -2.15. The SMILES string of the molecule is Cn1cnc(S(=O)(=O)NCc2ncn[nH]2)c1Cl. The number of halogens is 1. The first kappa shape index (κ1) is 12.0. The van der Waals surface area contributed by atoms with Gasteiger partial charge in [0.2, 0.25) is 5.03 Å². The molecular formula is C7H9ClN6O2S. The molecule has 2 aromatic heterocycles. The molecule has 0 fully saturated rings. The van der Waals surface area contributed by atoms with Gasteiger partial charge in [-0.1, -0.05) is 11.6 Å². The second-order valence-electron chi connectivity index (χ2n) is 3.21. The molecule has 0 aliphatic carbocycles. The molecule has 92 valence electrons. The normalized spacial score (nSPS) is 11.9. The Hall–Kier alpha value is -1.45. The molecule has 10 heteroatoms. The Balaban J connectivity index is 2.17. The fourth-order valence-electron chi connectivity index (χ4n) is 1.12. The molecule has 2 heterocycles. The van der Waals surface area contributed by atoms with Crippen LogP contribution in [-0.2, 0) is 23.6 Å². The topological polar surface area (TPSA) is 106 Å². The van der Waals surface area contributed by atoms with Crippen molar-refractivity contribution in [3.05, 3.63) is 23.6 Å². The van der Waals surface area contributed by atoms with Crippen molar-refractivity contribution < 1.29 is 8.42 Å². The predicted octanol–water partition coefficient (Wildman–Crippen LogP) is -0.330. The standard InChI is InChI=1S/C7H9ClN6O2S/c1-14-4-10-7(6(14)8)17(15,16)12-2-5-9-3-11-13-5/h3-4,12H,2H2,1H3,(H,9,11,13). The first-order valence-electron chi connectivity index (χ1n) is 4.51. The Morgan fingerprint density at radius 2 is 2.29 bits per heavy atom. The number of sulfonamides is 1. The summed E-state index contributed by atoms with van der Waals surface area (Å²) in [5, 5.41) is 5.98. The van der Waals surface area contributed by atoms with Crippen molar-refractivity contribution in [1.82, 2.24) is 29.5 Å². The third kappa shape index (κ3) is 2.46. The van der Waals surface area contributed by atoms with Crippen LogP contribution in [0.2, 0.25) is 5.15 Å². The Morgan fingerprint density at radius 3 is 2.82 bits per heavy atom. The summed E-state index contributed by atoms with van der Waals surface area (Å²) in [5.41, 5.74) is 0. The highest BCUT2D eigenvalue weighted by Crippen LogP contribution is 2.18. The van der Waals surface area contributed by atoms with E-state index in [2.05, 4.69) is 24.9 Å². The molecule has 17 heavy (non-hydrogen) atoms. The molecule has 2 rings (SSSR count). The van der Waals surface area contributed by atoms with Crippen molar-refractivity contribution in [2.75, 3.05) is 0 Å². The first-order chi connectivity index (χ1) is 8.00. The number of H-pyrrole nitrogens is 1. The molecule has 0 unspecified atom stereocenters. The molecule has 0 saturated heterocycles. The van der Waals surface area contributed by atoms with Crippen LogP contribution in [0.15, 0.2) is 17.7 Å². The zero-order valence-electron chi connectivity index (χ0n) is 8.75. The van der Waals surface area contributed by atoms with Crippen LogP contribution in [0.25, 0.3) is 0 Å². The number of nitrogens with one attached hydrogen (secondary N) is 2. The Bertz CT molecular complexity index is 604. The molecule has 0 aliphatic heterocycles. The van der Waals surface area contributed by atoms with E-state index in [9.17, 15) is 8.42 Å². The third-order valence-corrected chi connectivity index (χ3v) is 3.87. The van der Waals surface area contributed by atoms with Gasteiger partial charge < -0.3 is 4.57 Å². The third-order valence-electron chi connectivity index (χ3n) is 1.98. The Labute approximate surface area is 102 Å². The quantitative estimate of drug-likeness (QED) is 0.795. The number of aryl methyl sites for hydroxylation is 1. The molecule has 0 saturated carbocycles. The van der Waals surface area contributed by atoms with Crippen LogP contribution in [0.4, 0.5) is 0 Å². The van der Waals surface area contributed by atoms with Crippen LogP contribution in [0.3, 0.4) is 0 Å². The molecule has 2 N–H and O–H groups in total. The summed E-state index contributed by atoms with van der Waals surface area (Å²) >= 11 is 5.80. The van der Waals surface area contributed by atoms with Crippen molar-refractivity contribution >= 4 is 21.6 Å². The number of imidazole rings is 1. The zero-order valence-corrected chi connectivity index (χ0v) is 10.3. The molecule has 8 nitrogen and oxygen atoms in total. The van der Waals surface area contributed by atoms with Gasteiger partial charge in [0.25, 0.3) is 10.0 Å². The number of aromatic nitrogens is 5. The predicted molar refractivity (Wildman–Crippen MR) is 58.6 cm³/mol. The second-order valence-corrected chi connectivity index (χ2v) is 5.25. The van der Waals surface area contributed by atoms with Gasteiger partial charge in [0.15, 0.2) is 0 Å². The highest BCUT2D eigenvalue weighted by molar-refractivity contribution is 7.89. The molecule has 0 amide bonds. The average molecular weight is 277 g/mol. The number of nitrogens with zero attached hydrogens (tertiary/aromatic N) is 4. The maximum Gasteiger partial charge on any atom is 0.261 e. The van der Waals surface area contributed by atoms with Crippen LogP contribution in [0.1, 0.15) is 5.82 Å². The van der Waals surface area contributed by atoms with E-state index < -0.39 is 10.0 Å². The van der Waals surface area contributed by atoms with Crippen molar-refractivity contribution in [1.29, 1.82) is 0 Å². The molecule has 0 aliphatic rings. The van der Waals surface area contributed by atoms with E-state index >= 15 is 0 Å². The van der Waals surface area contributed by atoms with Gasteiger partial charge in [-0.2, -0.15) is 5.10 Å². The minimum atomic E-state index is -3.75. The van der Waals surface area contributed by atoms with Gasteiger partial charge in [-0.15, -0.1) is 0 Å². The highest BCUT2D eigenvalue weighted by atomic mass is 35.5. The van der Waals surface area contributed by atoms with Crippen LogP contribution in [0, 0.1) is 0 Å². The van der Waals surface area contributed by atoms with Crippen LogP contribution in [0.5, 0.6) is 0 Å². The summed E-state index contributed by atoms with van der Waals surface area (Å²) < 4.78 is 27.4. The van der Waals surface area contributed by atoms with E-state index in [1.807, 2.05) is 0 Å². The maximum absolute atomic E-state index is 11.8. The lowest BCUT2D eigenvalue weighted by atomic mass is 10.6. The van der Waals surface area contributed by atoms with E-state index in [0.29, 0.717) is 5.82 Å². The van der Waals surface area contributed by atoms with Crippen LogP contribution >= 0.6 is 11.6 Å². The Kier molecular flexibility index (Phi) is 3.13. The molecule has 0 radical (unpaired) electrons. The van der Waals surface area contributed by atoms with E-state index in [1.54, 1.807) is 7.05 Å². The zero-order chi connectivity index (χ0) is 12.5. The monoisotopic (exact) mass is 276 g/mol.